The normalized spacial score (nSPS) is 14.7. The van der Waals surface area contributed by atoms with Gasteiger partial charge in [0, 0.05) is 62.8 Å². The van der Waals surface area contributed by atoms with Gasteiger partial charge >= 0.3 is 6.18 Å². The Morgan fingerprint density at radius 2 is 1.89 bits per heavy atom. The molecule has 1 saturated heterocycles. The van der Waals surface area contributed by atoms with Crippen molar-refractivity contribution < 1.29 is 22.7 Å². The van der Waals surface area contributed by atoms with E-state index in [9.17, 15) is 18.0 Å². The third-order valence-electron chi connectivity index (χ3n) is 5.76. The number of nitrogens with zero attached hydrogens (tertiary/aromatic N) is 4. The summed E-state index contributed by atoms with van der Waals surface area (Å²) in [5.74, 6) is 1.07. The highest BCUT2D eigenvalue weighted by Gasteiger charge is 2.31. The summed E-state index contributed by atoms with van der Waals surface area (Å²) in [5.41, 5.74) is 0.265. The summed E-state index contributed by atoms with van der Waals surface area (Å²) in [6.07, 6.45) is -3.84. The minimum atomic E-state index is -4.47. The predicted octanol–water partition coefficient (Wildman–Crippen LogP) is 3.71. The SMILES string of the molecule is COc1cccc(Cc2nsc(N3CCN(CCNC(=O)c4cccc(C(F)(F)F)c4)CC3)n2)c1. The van der Waals surface area contributed by atoms with Gasteiger partial charge in [0.1, 0.15) is 11.6 Å². The molecule has 1 amide bonds. The summed E-state index contributed by atoms with van der Waals surface area (Å²) in [4.78, 5) is 21.3. The van der Waals surface area contributed by atoms with Crippen LogP contribution in [0.2, 0.25) is 0 Å². The molecular formula is C24H26F3N5O2S. The number of aromatic nitrogens is 2. The number of carbonyl (C=O) groups excluding carboxylic acids is 1. The molecule has 0 unspecified atom stereocenters. The molecule has 0 atom stereocenters. The van der Waals surface area contributed by atoms with Crippen LogP contribution in [0.5, 0.6) is 5.75 Å². The second kappa shape index (κ2) is 11.0. The maximum atomic E-state index is 12.9. The Morgan fingerprint density at radius 1 is 1.11 bits per heavy atom. The standard InChI is InChI=1S/C24H26F3N5O2S/c1-34-20-7-2-4-17(14-20)15-21-29-23(35-30-21)32-12-10-31(11-13-32)9-8-28-22(33)18-5-3-6-19(16-18)24(25,26)27/h2-7,14,16H,8-13,15H2,1H3,(H,28,33). The maximum Gasteiger partial charge on any atom is 0.416 e. The summed E-state index contributed by atoms with van der Waals surface area (Å²) in [6, 6.07) is 12.3. The van der Waals surface area contributed by atoms with Crippen LogP contribution in [0.1, 0.15) is 27.3 Å². The monoisotopic (exact) mass is 505 g/mol. The van der Waals surface area contributed by atoms with E-state index in [1.54, 1.807) is 7.11 Å². The molecule has 0 aliphatic carbocycles. The van der Waals surface area contributed by atoms with E-state index >= 15 is 0 Å². The largest absolute Gasteiger partial charge is 0.497 e. The van der Waals surface area contributed by atoms with E-state index in [0.717, 1.165) is 60.6 Å². The molecule has 7 nitrogen and oxygen atoms in total. The van der Waals surface area contributed by atoms with Crippen molar-refractivity contribution in [1.82, 2.24) is 19.6 Å². The fourth-order valence-corrected chi connectivity index (χ4v) is 4.58. The van der Waals surface area contributed by atoms with Gasteiger partial charge < -0.3 is 15.0 Å². The van der Waals surface area contributed by atoms with Crippen molar-refractivity contribution in [3.05, 3.63) is 71.0 Å². The van der Waals surface area contributed by atoms with Crippen molar-refractivity contribution in [3.8, 4) is 5.75 Å². The maximum absolute atomic E-state index is 12.9. The zero-order chi connectivity index (χ0) is 24.8. The summed E-state index contributed by atoms with van der Waals surface area (Å²) >= 11 is 1.39. The number of anilines is 1. The molecule has 3 aromatic rings. The van der Waals surface area contributed by atoms with Gasteiger partial charge in [-0.1, -0.05) is 18.2 Å². The predicted molar refractivity (Wildman–Crippen MR) is 128 cm³/mol. The molecule has 186 valence electrons. The Labute approximate surface area is 205 Å². The number of nitrogens with one attached hydrogen (secondary N) is 1. The zero-order valence-electron chi connectivity index (χ0n) is 19.2. The van der Waals surface area contributed by atoms with Gasteiger partial charge in [-0.2, -0.15) is 17.5 Å². The van der Waals surface area contributed by atoms with E-state index in [-0.39, 0.29) is 5.56 Å². The summed E-state index contributed by atoms with van der Waals surface area (Å²) in [5, 5.41) is 3.60. The van der Waals surface area contributed by atoms with Gasteiger partial charge in [0.05, 0.1) is 12.7 Å². The van der Waals surface area contributed by atoms with E-state index in [0.29, 0.717) is 19.5 Å². The lowest BCUT2D eigenvalue weighted by atomic mass is 10.1. The molecular weight excluding hydrogens is 479 g/mol. The number of piperazine rings is 1. The molecule has 1 aliphatic rings. The van der Waals surface area contributed by atoms with Crippen LogP contribution in [0, 0.1) is 0 Å². The molecule has 35 heavy (non-hydrogen) atoms. The fourth-order valence-electron chi connectivity index (χ4n) is 3.84. The first-order valence-electron chi connectivity index (χ1n) is 11.2. The van der Waals surface area contributed by atoms with Crippen LogP contribution in [0.3, 0.4) is 0 Å². The highest BCUT2D eigenvalue weighted by atomic mass is 32.1. The molecule has 1 aromatic heterocycles. The van der Waals surface area contributed by atoms with E-state index < -0.39 is 17.6 Å². The zero-order valence-corrected chi connectivity index (χ0v) is 20.0. The molecule has 2 aromatic carbocycles. The van der Waals surface area contributed by atoms with E-state index in [1.807, 2.05) is 24.3 Å². The number of methoxy groups -OCH3 is 1. The average molecular weight is 506 g/mol. The number of amides is 1. The minimum absolute atomic E-state index is 0.00525. The topological polar surface area (TPSA) is 70.6 Å². The number of ether oxygens (including phenoxy) is 1. The molecule has 4 rings (SSSR count). The smallest absolute Gasteiger partial charge is 0.416 e. The molecule has 2 heterocycles. The van der Waals surface area contributed by atoms with Crippen molar-refractivity contribution in [1.29, 1.82) is 0 Å². The molecule has 0 radical (unpaired) electrons. The van der Waals surface area contributed by atoms with Gasteiger partial charge in [-0.25, -0.2) is 4.98 Å². The lowest BCUT2D eigenvalue weighted by Gasteiger charge is -2.34. The Hall–Kier alpha value is -3.18. The second-order valence-corrected chi connectivity index (χ2v) is 8.91. The quantitative estimate of drug-likeness (QED) is 0.504. The molecule has 0 bridgehead atoms. The molecule has 1 aliphatic heterocycles. The van der Waals surface area contributed by atoms with Crippen LogP contribution in [0.15, 0.2) is 48.5 Å². The van der Waals surface area contributed by atoms with Crippen LogP contribution in [0.4, 0.5) is 18.3 Å². The van der Waals surface area contributed by atoms with Crippen LogP contribution in [0.25, 0.3) is 0 Å². The molecule has 1 N–H and O–H groups in total. The van der Waals surface area contributed by atoms with Crippen molar-refractivity contribution in [2.75, 3.05) is 51.3 Å². The summed E-state index contributed by atoms with van der Waals surface area (Å²) < 4.78 is 48.3. The Bertz CT molecular complexity index is 1150. The van der Waals surface area contributed by atoms with E-state index in [2.05, 4.69) is 24.5 Å². The number of rotatable bonds is 8. The number of hydrogen-bond donors (Lipinski definition) is 1. The molecule has 1 fully saturated rings. The van der Waals surface area contributed by atoms with Crippen LogP contribution >= 0.6 is 11.5 Å². The van der Waals surface area contributed by atoms with E-state index in [4.69, 9.17) is 4.74 Å². The lowest BCUT2D eigenvalue weighted by Crippen LogP contribution is -2.48. The molecule has 11 heteroatoms. The highest BCUT2D eigenvalue weighted by molar-refractivity contribution is 7.09. The van der Waals surface area contributed by atoms with Gasteiger partial charge in [-0.15, -0.1) is 0 Å². The summed E-state index contributed by atoms with van der Waals surface area (Å²) in [7, 11) is 1.64. The second-order valence-electron chi connectivity index (χ2n) is 8.18. The van der Waals surface area contributed by atoms with E-state index in [1.165, 1.54) is 23.7 Å². The Kier molecular flexibility index (Phi) is 7.86. The van der Waals surface area contributed by atoms with Crippen LogP contribution < -0.4 is 15.0 Å². The Morgan fingerprint density at radius 3 is 2.63 bits per heavy atom. The fraction of sp³-hybridized carbons (Fsp3) is 0.375. The van der Waals surface area contributed by atoms with Crippen molar-refractivity contribution in [2.24, 2.45) is 0 Å². The van der Waals surface area contributed by atoms with Crippen LogP contribution in [-0.4, -0.2) is 66.5 Å². The van der Waals surface area contributed by atoms with Gasteiger partial charge in [0.2, 0.25) is 5.13 Å². The first-order chi connectivity index (χ1) is 16.8. The number of hydrogen-bond acceptors (Lipinski definition) is 7. The molecule has 0 spiro atoms. The number of carbonyl (C=O) groups is 1. The molecule has 0 saturated carbocycles. The van der Waals surface area contributed by atoms with Gasteiger partial charge in [0.25, 0.3) is 5.91 Å². The highest BCUT2D eigenvalue weighted by Crippen LogP contribution is 2.29. The average Bonchev–Trinajstić information content (AvgIpc) is 3.32. The van der Waals surface area contributed by atoms with Gasteiger partial charge in [0.15, 0.2) is 0 Å². The van der Waals surface area contributed by atoms with Gasteiger partial charge in [-0.3, -0.25) is 9.69 Å². The number of halogens is 3. The van der Waals surface area contributed by atoms with Crippen molar-refractivity contribution in [3.63, 3.8) is 0 Å². The third kappa shape index (κ3) is 6.70. The first-order valence-corrected chi connectivity index (χ1v) is 12.0. The lowest BCUT2D eigenvalue weighted by molar-refractivity contribution is -0.137. The number of benzene rings is 2. The van der Waals surface area contributed by atoms with Crippen LogP contribution in [-0.2, 0) is 12.6 Å². The first kappa shape index (κ1) is 24.9. The summed E-state index contributed by atoms with van der Waals surface area (Å²) in [6.45, 7) is 4.15. The minimum Gasteiger partial charge on any atom is -0.497 e. The van der Waals surface area contributed by atoms with Crippen molar-refractivity contribution >= 4 is 22.6 Å². The Balaban J connectivity index is 1.21. The number of alkyl halides is 3. The van der Waals surface area contributed by atoms with Crippen molar-refractivity contribution in [2.45, 2.75) is 12.6 Å². The third-order valence-corrected chi connectivity index (χ3v) is 6.58. The van der Waals surface area contributed by atoms with Gasteiger partial charge in [-0.05, 0) is 35.9 Å².